The van der Waals surface area contributed by atoms with Crippen molar-refractivity contribution in [3.63, 3.8) is 0 Å². The molecular weight excluding hydrogens is 478 g/mol. The van der Waals surface area contributed by atoms with E-state index in [1.54, 1.807) is 4.90 Å². The lowest BCUT2D eigenvalue weighted by atomic mass is 9.83. The highest BCUT2D eigenvalue weighted by atomic mass is 16.2. The number of nitrogens with zero attached hydrogens (tertiary/aromatic N) is 3. The molecule has 0 radical (unpaired) electrons. The predicted molar refractivity (Wildman–Crippen MR) is 147 cm³/mol. The third kappa shape index (κ3) is 6.78. The van der Waals surface area contributed by atoms with Gasteiger partial charge in [-0.05, 0) is 48.9 Å². The summed E-state index contributed by atoms with van der Waals surface area (Å²) in [6.07, 6.45) is 7.26. The van der Waals surface area contributed by atoms with E-state index in [0.717, 1.165) is 45.2 Å². The Morgan fingerprint density at radius 2 is 1.79 bits per heavy atom. The molecule has 1 unspecified atom stereocenters. The van der Waals surface area contributed by atoms with Gasteiger partial charge in [-0.1, -0.05) is 55.0 Å². The highest BCUT2D eigenvalue weighted by Gasteiger charge is 2.36. The van der Waals surface area contributed by atoms with Crippen LogP contribution in [0.1, 0.15) is 50.6 Å². The molecule has 2 N–H and O–H groups in total. The summed E-state index contributed by atoms with van der Waals surface area (Å²) in [5.74, 6) is -0.593. The van der Waals surface area contributed by atoms with Crippen molar-refractivity contribution in [1.82, 2.24) is 20.4 Å². The van der Waals surface area contributed by atoms with E-state index < -0.39 is 0 Å². The monoisotopic (exact) mass is 515 g/mol. The number of piperidine rings is 1. The van der Waals surface area contributed by atoms with E-state index >= 15 is 0 Å². The van der Waals surface area contributed by atoms with E-state index in [2.05, 4.69) is 64.9 Å². The van der Waals surface area contributed by atoms with Crippen LogP contribution in [0, 0.1) is 17.2 Å². The van der Waals surface area contributed by atoms with Gasteiger partial charge in [0.1, 0.15) is 0 Å². The largest absolute Gasteiger partial charge is 0.351 e. The zero-order valence-corrected chi connectivity index (χ0v) is 22.1. The number of hydrogen-bond acceptors (Lipinski definition) is 5. The summed E-state index contributed by atoms with van der Waals surface area (Å²) in [7, 11) is 0. The number of rotatable bonds is 10. The quantitative estimate of drug-likeness (QED) is 0.473. The first-order chi connectivity index (χ1) is 18.5. The second-order valence-corrected chi connectivity index (χ2v) is 10.2. The Balaban J connectivity index is 1.34. The first-order valence-electron chi connectivity index (χ1n) is 13.6. The summed E-state index contributed by atoms with van der Waals surface area (Å²) in [4.78, 5) is 42.2. The van der Waals surface area contributed by atoms with Gasteiger partial charge in [0.25, 0.3) is 0 Å². The van der Waals surface area contributed by atoms with Crippen molar-refractivity contribution in [2.75, 3.05) is 32.7 Å². The second-order valence-electron chi connectivity index (χ2n) is 10.2. The Hall–Kier alpha value is -3.70. The van der Waals surface area contributed by atoms with Crippen LogP contribution in [0.4, 0.5) is 0 Å². The van der Waals surface area contributed by atoms with Crippen LogP contribution in [0.2, 0.25) is 0 Å². The fraction of sp³-hybridized carbons (Fsp3) is 0.467. The summed E-state index contributed by atoms with van der Waals surface area (Å²) in [5, 5.41) is 16.3. The molecule has 8 heteroatoms. The Morgan fingerprint density at radius 3 is 2.50 bits per heavy atom. The molecule has 1 aliphatic carbocycles. The molecule has 0 bridgehead atoms. The molecule has 2 aromatic carbocycles. The maximum Gasteiger partial charge on any atom is 0.240 e. The van der Waals surface area contributed by atoms with Crippen LogP contribution < -0.4 is 10.6 Å². The smallest absolute Gasteiger partial charge is 0.240 e. The SMILES string of the molecule is CC(c1cccc2ccccc12)N1CCC(N(CC(=O)NCC(=O)NCC=CC#N)C(=O)C2CCC2)CC1. The first-order valence-corrected chi connectivity index (χ1v) is 13.6. The minimum Gasteiger partial charge on any atom is -0.351 e. The van der Waals surface area contributed by atoms with Gasteiger partial charge in [0.05, 0.1) is 19.2 Å². The van der Waals surface area contributed by atoms with Crippen LogP contribution in [0.25, 0.3) is 10.8 Å². The topological polar surface area (TPSA) is 106 Å². The molecule has 38 heavy (non-hydrogen) atoms. The van der Waals surface area contributed by atoms with E-state index in [4.69, 9.17) is 5.26 Å². The Labute approximate surface area is 224 Å². The molecule has 1 saturated carbocycles. The minimum atomic E-state index is -0.339. The van der Waals surface area contributed by atoms with Crippen LogP contribution >= 0.6 is 0 Å². The lowest BCUT2D eigenvalue weighted by Crippen LogP contribution is -2.53. The molecule has 1 saturated heterocycles. The van der Waals surface area contributed by atoms with Crippen molar-refractivity contribution < 1.29 is 14.4 Å². The summed E-state index contributed by atoms with van der Waals surface area (Å²) >= 11 is 0. The van der Waals surface area contributed by atoms with Gasteiger partial charge in [-0.3, -0.25) is 19.3 Å². The number of benzene rings is 2. The van der Waals surface area contributed by atoms with Gasteiger partial charge in [-0.25, -0.2) is 0 Å². The lowest BCUT2D eigenvalue weighted by molar-refractivity contribution is -0.145. The molecule has 200 valence electrons. The van der Waals surface area contributed by atoms with Crippen LogP contribution in [0.15, 0.2) is 54.6 Å². The molecule has 2 aromatic rings. The number of hydrogen-bond donors (Lipinski definition) is 2. The molecule has 8 nitrogen and oxygen atoms in total. The fourth-order valence-electron chi connectivity index (χ4n) is 5.41. The summed E-state index contributed by atoms with van der Waals surface area (Å²) in [6, 6.07) is 17.0. The van der Waals surface area contributed by atoms with Crippen molar-refractivity contribution in [3.8, 4) is 6.07 Å². The third-order valence-electron chi connectivity index (χ3n) is 7.87. The molecule has 0 aromatic heterocycles. The van der Waals surface area contributed by atoms with E-state index in [9.17, 15) is 14.4 Å². The van der Waals surface area contributed by atoms with E-state index in [-0.39, 0.29) is 55.4 Å². The Bertz CT molecular complexity index is 1200. The summed E-state index contributed by atoms with van der Waals surface area (Å²) in [5.41, 5.74) is 1.31. The molecular formula is C30H37N5O3. The molecule has 1 atom stereocenters. The number of nitriles is 1. The highest BCUT2D eigenvalue weighted by molar-refractivity contribution is 5.89. The molecule has 2 aliphatic rings. The van der Waals surface area contributed by atoms with Crippen LogP contribution in [-0.4, -0.2) is 66.3 Å². The predicted octanol–water partition coefficient (Wildman–Crippen LogP) is 3.31. The number of carbonyl (C=O) groups is 3. The van der Waals surface area contributed by atoms with Gasteiger partial charge < -0.3 is 15.5 Å². The maximum atomic E-state index is 13.3. The molecule has 1 aliphatic heterocycles. The standard InChI is InChI=1S/C30H37N5O3/c1-22(26-13-7-9-23-8-2-3-12-27(23)26)34-18-14-25(15-19-34)35(30(38)24-10-6-11-24)21-29(37)33-20-28(36)32-17-5-4-16-31/h2-5,7-9,12-13,22,24-25H,6,10-11,14-15,17-21H2,1H3,(H,32,36)(H,33,37). The summed E-state index contributed by atoms with van der Waals surface area (Å²) in [6.45, 7) is 3.98. The normalized spacial score (nSPS) is 17.5. The first kappa shape index (κ1) is 27.3. The highest BCUT2D eigenvalue weighted by Crippen LogP contribution is 2.33. The minimum absolute atomic E-state index is 0.00524. The van der Waals surface area contributed by atoms with Gasteiger partial charge in [0.2, 0.25) is 17.7 Å². The Kier molecular flexibility index (Phi) is 9.50. The number of fused-ring (bicyclic) bond motifs is 1. The number of nitrogens with one attached hydrogen (secondary N) is 2. The van der Waals surface area contributed by atoms with E-state index in [1.165, 1.54) is 28.5 Å². The molecule has 4 rings (SSSR count). The van der Waals surface area contributed by atoms with Gasteiger partial charge >= 0.3 is 0 Å². The van der Waals surface area contributed by atoms with Crippen molar-refractivity contribution >= 4 is 28.5 Å². The average Bonchev–Trinajstić information content (AvgIpc) is 2.91. The van der Waals surface area contributed by atoms with Crippen molar-refractivity contribution in [1.29, 1.82) is 5.26 Å². The molecule has 2 fully saturated rings. The van der Waals surface area contributed by atoms with Gasteiger partial charge in [0.15, 0.2) is 0 Å². The van der Waals surface area contributed by atoms with E-state index in [1.807, 2.05) is 6.07 Å². The van der Waals surface area contributed by atoms with Crippen molar-refractivity contribution in [2.24, 2.45) is 5.92 Å². The zero-order chi connectivity index (χ0) is 26.9. The van der Waals surface area contributed by atoms with Crippen LogP contribution in [-0.2, 0) is 14.4 Å². The second kappa shape index (κ2) is 13.2. The Morgan fingerprint density at radius 1 is 1.05 bits per heavy atom. The fourth-order valence-corrected chi connectivity index (χ4v) is 5.41. The molecule has 0 spiro atoms. The summed E-state index contributed by atoms with van der Waals surface area (Å²) < 4.78 is 0. The lowest BCUT2D eigenvalue weighted by Gasteiger charge is -2.42. The van der Waals surface area contributed by atoms with Crippen LogP contribution in [0.5, 0.6) is 0 Å². The number of allylic oxidation sites excluding steroid dienone is 1. The number of amides is 3. The van der Waals surface area contributed by atoms with Crippen molar-refractivity contribution in [3.05, 3.63) is 60.2 Å². The molecule has 3 amide bonds. The average molecular weight is 516 g/mol. The van der Waals surface area contributed by atoms with Gasteiger partial charge in [0, 0.05) is 43.7 Å². The zero-order valence-electron chi connectivity index (χ0n) is 22.1. The van der Waals surface area contributed by atoms with Crippen LogP contribution in [0.3, 0.4) is 0 Å². The number of carbonyl (C=O) groups excluding carboxylic acids is 3. The van der Waals surface area contributed by atoms with E-state index in [0.29, 0.717) is 0 Å². The maximum absolute atomic E-state index is 13.3. The third-order valence-corrected chi connectivity index (χ3v) is 7.87. The van der Waals surface area contributed by atoms with Gasteiger partial charge in [-0.2, -0.15) is 5.26 Å². The van der Waals surface area contributed by atoms with Gasteiger partial charge in [-0.15, -0.1) is 0 Å². The molecule has 1 heterocycles. The number of likely N-dealkylation sites (tertiary alicyclic amines) is 1. The van der Waals surface area contributed by atoms with Crippen molar-refractivity contribution in [2.45, 2.75) is 51.1 Å².